The van der Waals surface area contributed by atoms with E-state index in [0.29, 0.717) is 30.0 Å². The van der Waals surface area contributed by atoms with Gasteiger partial charge in [0.25, 0.3) is 0 Å². The summed E-state index contributed by atoms with van der Waals surface area (Å²) in [5, 5.41) is 10.5. The van der Waals surface area contributed by atoms with Crippen LogP contribution < -0.4 is 4.74 Å². The minimum absolute atomic E-state index is 0.0155. The molecular formula is C23H24FNO4. The largest absolute Gasteiger partial charge is 0.491 e. The minimum Gasteiger partial charge on any atom is -0.491 e. The van der Waals surface area contributed by atoms with Crippen molar-refractivity contribution in [1.82, 2.24) is 4.90 Å². The van der Waals surface area contributed by atoms with Gasteiger partial charge in [-0.05, 0) is 49.4 Å². The van der Waals surface area contributed by atoms with Crippen molar-refractivity contribution in [2.24, 2.45) is 0 Å². The van der Waals surface area contributed by atoms with Gasteiger partial charge in [0.1, 0.15) is 30.0 Å². The third kappa shape index (κ3) is 6.27. The van der Waals surface area contributed by atoms with Crippen molar-refractivity contribution in [3.63, 3.8) is 0 Å². The zero-order valence-corrected chi connectivity index (χ0v) is 16.3. The molecule has 0 aliphatic carbocycles. The zero-order valence-electron chi connectivity index (χ0n) is 16.3. The normalized spacial score (nSPS) is 12.1. The molecule has 0 amide bonds. The van der Waals surface area contributed by atoms with Crippen LogP contribution >= 0.6 is 0 Å². The van der Waals surface area contributed by atoms with Crippen molar-refractivity contribution < 1.29 is 23.4 Å². The molecule has 0 saturated carbocycles. The molecule has 1 heterocycles. The third-order valence-electron chi connectivity index (χ3n) is 4.48. The van der Waals surface area contributed by atoms with Crippen molar-refractivity contribution in [2.75, 3.05) is 13.2 Å². The fourth-order valence-electron chi connectivity index (χ4n) is 3.00. The Hall–Kier alpha value is -2.96. The number of aliphatic hydroxyl groups is 1. The van der Waals surface area contributed by atoms with E-state index in [4.69, 9.17) is 9.15 Å². The summed E-state index contributed by atoms with van der Waals surface area (Å²) in [6, 6.07) is 17.0. The van der Waals surface area contributed by atoms with Gasteiger partial charge in [0.05, 0.1) is 12.8 Å². The fourth-order valence-corrected chi connectivity index (χ4v) is 3.00. The molecule has 6 heteroatoms. The Kier molecular flexibility index (Phi) is 7.16. The average molecular weight is 397 g/mol. The van der Waals surface area contributed by atoms with Gasteiger partial charge in [0.2, 0.25) is 0 Å². The molecule has 1 N–H and O–H groups in total. The summed E-state index contributed by atoms with van der Waals surface area (Å²) < 4.78 is 25.1. The number of carbonyl (C=O) groups is 1. The quantitative estimate of drug-likeness (QED) is 0.523. The maximum atomic E-state index is 14.1. The summed E-state index contributed by atoms with van der Waals surface area (Å²) in [6.45, 7) is 2.62. The number of hydrogen-bond donors (Lipinski definition) is 1. The summed E-state index contributed by atoms with van der Waals surface area (Å²) in [4.78, 5) is 13.2. The smallest absolute Gasteiger partial charge is 0.159 e. The number of rotatable bonds is 10. The van der Waals surface area contributed by atoms with E-state index in [1.54, 1.807) is 54.8 Å². The Morgan fingerprint density at radius 2 is 1.86 bits per heavy atom. The van der Waals surface area contributed by atoms with E-state index in [1.165, 1.54) is 13.0 Å². The highest BCUT2D eigenvalue weighted by Crippen LogP contribution is 2.16. The monoisotopic (exact) mass is 397 g/mol. The summed E-state index contributed by atoms with van der Waals surface area (Å²) in [6.07, 6.45) is 0.796. The lowest BCUT2D eigenvalue weighted by molar-refractivity contribution is 0.0600. The first-order valence-electron chi connectivity index (χ1n) is 9.41. The van der Waals surface area contributed by atoms with Crippen molar-refractivity contribution >= 4 is 5.78 Å². The van der Waals surface area contributed by atoms with Crippen LogP contribution in [-0.2, 0) is 13.1 Å². The number of aliphatic hydroxyl groups excluding tert-OH is 1. The lowest BCUT2D eigenvalue weighted by Gasteiger charge is -2.24. The predicted octanol–water partition coefficient (Wildman–Crippen LogP) is 4.06. The first kappa shape index (κ1) is 20.8. The van der Waals surface area contributed by atoms with Gasteiger partial charge in [-0.15, -0.1) is 0 Å². The second kappa shape index (κ2) is 10.0. The number of benzene rings is 2. The zero-order chi connectivity index (χ0) is 20.6. The van der Waals surface area contributed by atoms with Crippen LogP contribution in [0.15, 0.2) is 71.3 Å². The second-order valence-electron chi connectivity index (χ2n) is 6.89. The van der Waals surface area contributed by atoms with Crippen molar-refractivity contribution in [1.29, 1.82) is 0 Å². The molecule has 0 aliphatic rings. The van der Waals surface area contributed by atoms with Crippen LogP contribution in [0.25, 0.3) is 0 Å². The van der Waals surface area contributed by atoms with Gasteiger partial charge >= 0.3 is 0 Å². The SMILES string of the molecule is CC(=O)c1ccc(OCC(O)CN(Cc2ccco2)Cc2ccccc2F)cc1. The van der Waals surface area contributed by atoms with Crippen LogP contribution in [0.1, 0.15) is 28.6 Å². The molecule has 0 saturated heterocycles. The van der Waals surface area contributed by atoms with Crippen LogP contribution in [0.4, 0.5) is 4.39 Å². The molecule has 0 fully saturated rings. The van der Waals surface area contributed by atoms with E-state index >= 15 is 0 Å². The molecule has 152 valence electrons. The lowest BCUT2D eigenvalue weighted by atomic mass is 10.1. The highest BCUT2D eigenvalue weighted by molar-refractivity contribution is 5.94. The van der Waals surface area contributed by atoms with Gasteiger partial charge in [-0.2, -0.15) is 0 Å². The number of ether oxygens (including phenoxy) is 1. The van der Waals surface area contributed by atoms with E-state index < -0.39 is 6.10 Å². The number of halogens is 1. The number of hydrogen-bond acceptors (Lipinski definition) is 5. The van der Waals surface area contributed by atoms with Crippen LogP contribution in [0.5, 0.6) is 5.75 Å². The number of Topliss-reactive ketones (excluding diaryl/α,β-unsaturated/α-hetero) is 1. The highest BCUT2D eigenvalue weighted by atomic mass is 19.1. The molecule has 0 aliphatic heterocycles. The summed E-state index contributed by atoms with van der Waals surface area (Å²) in [5.41, 5.74) is 1.15. The van der Waals surface area contributed by atoms with Crippen LogP contribution in [0, 0.1) is 5.82 Å². The number of nitrogens with zero attached hydrogens (tertiary/aromatic N) is 1. The summed E-state index contributed by atoms with van der Waals surface area (Å²) in [7, 11) is 0. The molecule has 5 nitrogen and oxygen atoms in total. The van der Waals surface area contributed by atoms with E-state index in [2.05, 4.69) is 0 Å². The first-order valence-corrected chi connectivity index (χ1v) is 9.41. The maximum absolute atomic E-state index is 14.1. The highest BCUT2D eigenvalue weighted by Gasteiger charge is 2.16. The molecule has 0 radical (unpaired) electrons. The van der Waals surface area contributed by atoms with Crippen molar-refractivity contribution in [3.8, 4) is 5.75 Å². The Morgan fingerprint density at radius 3 is 2.52 bits per heavy atom. The van der Waals surface area contributed by atoms with Gasteiger partial charge in [0, 0.05) is 24.2 Å². The molecule has 1 atom stereocenters. The van der Waals surface area contributed by atoms with Gasteiger partial charge < -0.3 is 14.3 Å². The van der Waals surface area contributed by atoms with Crippen LogP contribution in [0.3, 0.4) is 0 Å². The van der Waals surface area contributed by atoms with Crippen molar-refractivity contribution in [3.05, 3.63) is 89.6 Å². The summed E-state index contributed by atoms with van der Waals surface area (Å²) in [5.74, 6) is 1.00. The van der Waals surface area contributed by atoms with Gasteiger partial charge in [-0.25, -0.2) is 4.39 Å². The summed E-state index contributed by atoms with van der Waals surface area (Å²) >= 11 is 0. The molecule has 2 aromatic carbocycles. The standard InChI is InChI=1S/C23H24FNO4/c1-17(26)18-8-10-21(11-9-18)29-16-20(27)14-25(15-22-6-4-12-28-22)13-19-5-2-3-7-23(19)24/h2-12,20,27H,13-16H2,1H3. The van der Waals surface area contributed by atoms with Crippen LogP contribution in [0.2, 0.25) is 0 Å². The van der Waals surface area contributed by atoms with E-state index in [0.717, 1.165) is 5.76 Å². The maximum Gasteiger partial charge on any atom is 0.159 e. The van der Waals surface area contributed by atoms with Gasteiger partial charge in [-0.1, -0.05) is 18.2 Å². The first-order chi connectivity index (χ1) is 14.0. The van der Waals surface area contributed by atoms with E-state index in [-0.39, 0.29) is 24.8 Å². The van der Waals surface area contributed by atoms with E-state index in [9.17, 15) is 14.3 Å². The van der Waals surface area contributed by atoms with Crippen molar-refractivity contribution in [2.45, 2.75) is 26.1 Å². The molecule has 3 aromatic rings. The Bertz CT molecular complexity index is 909. The fraction of sp³-hybridized carbons (Fsp3) is 0.261. The van der Waals surface area contributed by atoms with E-state index in [1.807, 2.05) is 11.0 Å². The molecule has 3 rings (SSSR count). The number of furan rings is 1. The topological polar surface area (TPSA) is 62.9 Å². The number of carbonyl (C=O) groups excluding carboxylic acids is 1. The molecule has 0 bridgehead atoms. The second-order valence-corrected chi connectivity index (χ2v) is 6.89. The predicted molar refractivity (Wildman–Crippen MR) is 107 cm³/mol. The number of ketones is 1. The Balaban J connectivity index is 1.60. The molecule has 1 unspecified atom stereocenters. The van der Waals surface area contributed by atoms with Gasteiger partial charge in [-0.3, -0.25) is 9.69 Å². The third-order valence-corrected chi connectivity index (χ3v) is 4.48. The molecular weight excluding hydrogens is 373 g/mol. The Labute approximate surface area is 169 Å². The minimum atomic E-state index is -0.788. The molecule has 29 heavy (non-hydrogen) atoms. The molecule has 1 aromatic heterocycles. The lowest BCUT2D eigenvalue weighted by Crippen LogP contribution is -2.35. The van der Waals surface area contributed by atoms with Gasteiger partial charge in [0.15, 0.2) is 5.78 Å². The molecule has 0 spiro atoms. The average Bonchev–Trinajstić information content (AvgIpc) is 3.21. The van der Waals surface area contributed by atoms with Crippen LogP contribution in [-0.4, -0.2) is 35.0 Å². The Morgan fingerprint density at radius 1 is 1.10 bits per heavy atom.